The molecule has 0 radical (unpaired) electrons. The number of hydrogen-bond acceptors (Lipinski definition) is 4. The van der Waals surface area contributed by atoms with E-state index in [1.54, 1.807) is 19.0 Å². The third-order valence-corrected chi connectivity index (χ3v) is 5.77. The van der Waals surface area contributed by atoms with Gasteiger partial charge in [-0.05, 0) is 48.2 Å². The lowest BCUT2D eigenvalue weighted by molar-refractivity contribution is -0.148. The SMILES string of the molecule is CN(C)C(=O)c1ccc(-c2ccc3c(c2)COC(C2CCN(C(=O)O)CC2)O3)cc1. The molecule has 1 saturated heterocycles. The Hall–Kier alpha value is -3.06. The molecule has 7 nitrogen and oxygen atoms in total. The Morgan fingerprint density at radius 3 is 2.33 bits per heavy atom. The summed E-state index contributed by atoms with van der Waals surface area (Å²) >= 11 is 0. The topological polar surface area (TPSA) is 79.3 Å². The first-order valence-corrected chi connectivity index (χ1v) is 10.1. The third-order valence-electron chi connectivity index (χ3n) is 5.77. The molecule has 2 amide bonds. The van der Waals surface area contributed by atoms with Crippen LogP contribution in [0.25, 0.3) is 11.1 Å². The van der Waals surface area contributed by atoms with Gasteiger partial charge in [-0.3, -0.25) is 4.79 Å². The first-order valence-electron chi connectivity index (χ1n) is 10.1. The van der Waals surface area contributed by atoms with Crippen LogP contribution in [0.4, 0.5) is 4.79 Å². The number of likely N-dealkylation sites (tertiary alicyclic amines) is 1. The molecule has 0 aliphatic carbocycles. The Morgan fingerprint density at radius 1 is 1.03 bits per heavy atom. The van der Waals surface area contributed by atoms with Gasteiger partial charge in [-0.2, -0.15) is 0 Å². The fourth-order valence-electron chi connectivity index (χ4n) is 3.98. The number of benzene rings is 2. The maximum absolute atomic E-state index is 12.1. The van der Waals surface area contributed by atoms with Crippen molar-refractivity contribution in [2.45, 2.75) is 25.7 Å². The van der Waals surface area contributed by atoms with Crippen molar-refractivity contribution < 1.29 is 24.2 Å². The molecule has 1 atom stereocenters. The molecule has 0 saturated carbocycles. The number of amides is 2. The van der Waals surface area contributed by atoms with Crippen molar-refractivity contribution in [1.29, 1.82) is 0 Å². The van der Waals surface area contributed by atoms with Crippen molar-refractivity contribution in [1.82, 2.24) is 9.80 Å². The molecular weight excluding hydrogens is 384 g/mol. The van der Waals surface area contributed by atoms with Gasteiger partial charge in [0.2, 0.25) is 6.29 Å². The largest absolute Gasteiger partial charge is 0.465 e. The van der Waals surface area contributed by atoms with Crippen LogP contribution in [0.3, 0.4) is 0 Å². The van der Waals surface area contributed by atoms with Crippen LogP contribution in [0, 0.1) is 5.92 Å². The Balaban J connectivity index is 1.43. The molecule has 2 aromatic rings. The minimum Gasteiger partial charge on any atom is -0.465 e. The number of carboxylic acid groups (broad SMARTS) is 1. The van der Waals surface area contributed by atoms with Crippen LogP contribution >= 0.6 is 0 Å². The minimum absolute atomic E-state index is 0.0194. The Bertz CT molecular complexity index is 933. The molecule has 0 aromatic heterocycles. The van der Waals surface area contributed by atoms with E-state index < -0.39 is 6.09 Å². The van der Waals surface area contributed by atoms with E-state index in [2.05, 4.69) is 6.07 Å². The van der Waals surface area contributed by atoms with Gasteiger partial charge in [0.1, 0.15) is 5.75 Å². The van der Waals surface area contributed by atoms with E-state index in [-0.39, 0.29) is 18.1 Å². The molecule has 158 valence electrons. The van der Waals surface area contributed by atoms with E-state index >= 15 is 0 Å². The van der Waals surface area contributed by atoms with Crippen molar-refractivity contribution in [2.24, 2.45) is 5.92 Å². The van der Waals surface area contributed by atoms with Gasteiger partial charge in [0.25, 0.3) is 5.91 Å². The van der Waals surface area contributed by atoms with E-state index in [0.717, 1.165) is 35.3 Å². The Labute approximate surface area is 175 Å². The van der Waals surface area contributed by atoms with Crippen molar-refractivity contribution in [2.75, 3.05) is 27.2 Å². The molecule has 0 spiro atoms. The van der Waals surface area contributed by atoms with Crippen molar-refractivity contribution >= 4 is 12.0 Å². The summed E-state index contributed by atoms with van der Waals surface area (Å²) in [5.41, 5.74) is 3.71. The van der Waals surface area contributed by atoms with Crippen molar-refractivity contribution in [3.63, 3.8) is 0 Å². The smallest absolute Gasteiger partial charge is 0.407 e. The van der Waals surface area contributed by atoms with Crippen LogP contribution in [0.1, 0.15) is 28.8 Å². The monoisotopic (exact) mass is 410 g/mol. The average Bonchev–Trinajstić information content (AvgIpc) is 2.78. The first-order chi connectivity index (χ1) is 14.4. The van der Waals surface area contributed by atoms with E-state index in [9.17, 15) is 9.59 Å². The molecule has 0 bridgehead atoms. The van der Waals surface area contributed by atoms with E-state index in [4.69, 9.17) is 14.6 Å². The molecular formula is C23H26N2O5. The van der Waals surface area contributed by atoms with E-state index in [1.807, 2.05) is 36.4 Å². The molecule has 2 aliphatic rings. The van der Waals surface area contributed by atoms with Crippen LogP contribution in [0.5, 0.6) is 5.75 Å². The van der Waals surface area contributed by atoms with Gasteiger partial charge in [-0.1, -0.05) is 18.2 Å². The minimum atomic E-state index is -0.865. The van der Waals surface area contributed by atoms with Gasteiger partial charge in [-0.15, -0.1) is 0 Å². The van der Waals surface area contributed by atoms with Gasteiger partial charge < -0.3 is 24.4 Å². The number of rotatable bonds is 3. The lowest BCUT2D eigenvalue weighted by Crippen LogP contribution is -2.43. The molecule has 1 N–H and O–H groups in total. The fourth-order valence-corrected chi connectivity index (χ4v) is 3.98. The summed E-state index contributed by atoms with van der Waals surface area (Å²) in [6, 6.07) is 13.6. The lowest BCUT2D eigenvalue weighted by Gasteiger charge is -2.36. The normalized spacial score (nSPS) is 19.0. The number of carbonyl (C=O) groups excluding carboxylic acids is 1. The average molecular weight is 410 g/mol. The van der Waals surface area contributed by atoms with Crippen molar-refractivity contribution in [3.05, 3.63) is 53.6 Å². The van der Waals surface area contributed by atoms with Crippen LogP contribution < -0.4 is 4.74 Å². The number of carbonyl (C=O) groups is 2. The zero-order chi connectivity index (χ0) is 21.3. The van der Waals surface area contributed by atoms with Crippen LogP contribution in [0.2, 0.25) is 0 Å². The predicted molar refractivity (Wildman–Crippen MR) is 111 cm³/mol. The highest BCUT2D eigenvalue weighted by molar-refractivity contribution is 5.94. The summed E-state index contributed by atoms with van der Waals surface area (Å²) in [6.45, 7) is 1.49. The zero-order valence-corrected chi connectivity index (χ0v) is 17.2. The summed E-state index contributed by atoms with van der Waals surface area (Å²) in [5, 5.41) is 9.10. The molecule has 30 heavy (non-hydrogen) atoms. The molecule has 2 aliphatic heterocycles. The van der Waals surface area contributed by atoms with Crippen LogP contribution in [-0.2, 0) is 11.3 Å². The zero-order valence-electron chi connectivity index (χ0n) is 17.2. The van der Waals surface area contributed by atoms with Gasteiger partial charge in [0.15, 0.2) is 0 Å². The van der Waals surface area contributed by atoms with Crippen LogP contribution in [-0.4, -0.2) is 60.4 Å². The molecule has 1 fully saturated rings. The standard InChI is InChI=1S/C23H26N2O5/c1-24(2)21(26)16-5-3-15(4-6-16)18-7-8-20-19(13-18)14-29-22(30-20)17-9-11-25(12-10-17)23(27)28/h3-8,13,17,22H,9-12,14H2,1-2H3,(H,27,28). The predicted octanol–water partition coefficient (Wildman–Crippen LogP) is 3.68. The summed E-state index contributed by atoms with van der Waals surface area (Å²) in [6.07, 6.45) is 0.275. The Morgan fingerprint density at radius 2 is 1.70 bits per heavy atom. The number of hydrogen-bond donors (Lipinski definition) is 1. The second kappa shape index (κ2) is 8.36. The summed E-state index contributed by atoms with van der Waals surface area (Å²) < 4.78 is 12.1. The second-order valence-corrected chi connectivity index (χ2v) is 8.00. The first kappa shape index (κ1) is 20.2. The summed E-state index contributed by atoms with van der Waals surface area (Å²) in [4.78, 5) is 26.1. The molecule has 4 rings (SSSR count). The highest BCUT2D eigenvalue weighted by atomic mass is 16.7. The quantitative estimate of drug-likeness (QED) is 0.835. The molecule has 7 heteroatoms. The molecule has 1 unspecified atom stereocenters. The summed E-state index contributed by atoms with van der Waals surface area (Å²) in [7, 11) is 3.48. The lowest BCUT2D eigenvalue weighted by atomic mass is 9.95. The van der Waals surface area contributed by atoms with Gasteiger partial charge in [0, 0.05) is 44.2 Å². The highest BCUT2D eigenvalue weighted by Gasteiger charge is 2.33. The number of piperidine rings is 1. The molecule has 2 aromatic carbocycles. The molecule has 2 heterocycles. The Kier molecular flexibility index (Phi) is 5.63. The maximum atomic E-state index is 12.1. The van der Waals surface area contributed by atoms with Crippen LogP contribution in [0.15, 0.2) is 42.5 Å². The second-order valence-electron chi connectivity index (χ2n) is 8.00. The number of ether oxygens (including phenoxy) is 2. The number of nitrogens with zero attached hydrogens (tertiary/aromatic N) is 2. The van der Waals surface area contributed by atoms with Gasteiger partial charge >= 0.3 is 6.09 Å². The summed E-state index contributed by atoms with van der Waals surface area (Å²) in [5.74, 6) is 0.985. The van der Waals surface area contributed by atoms with Gasteiger partial charge in [0.05, 0.1) is 6.61 Å². The maximum Gasteiger partial charge on any atom is 0.407 e. The van der Waals surface area contributed by atoms with Gasteiger partial charge in [-0.25, -0.2) is 4.79 Å². The van der Waals surface area contributed by atoms with E-state index in [1.165, 1.54) is 4.90 Å². The van der Waals surface area contributed by atoms with E-state index in [0.29, 0.717) is 25.3 Å². The fraction of sp³-hybridized carbons (Fsp3) is 0.391. The highest BCUT2D eigenvalue weighted by Crippen LogP contribution is 2.35. The number of fused-ring (bicyclic) bond motifs is 1. The third kappa shape index (κ3) is 4.11. The van der Waals surface area contributed by atoms with Crippen molar-refractivity contribution in [3.8, 4) is 16.9 Å².